The third kappa shape index (κ3) is 4.69. The summed E-state index contributed by atoms with van der Waals surface area (Å²) in [7, 11) is 0. The number of nitrogens with one attached hydrogen (secondary N) is 1. The molecule has 2 saturated heterocycles. The number of urea groups is 1. The molecule has 0 aromatic carbocycles. The van der Waals surface area contributed by atoms with E-state index >= 15 is 0 Å². The number of hydrogen-bond acceptors (Lipinski definition) is 8. The lowest BCUT2D eigenvalue weighted by molar-refractivity contribution is 0.0741. The van der Waals surface area contributed by atoms with Crippen LogP contribution in [0, 0.1) is 0 Å². The predicted molar refractivity (Wildman–Crippen MR) is 129 cm³/mol. The number of aromatic nitrogens is 4. The van der Waals surface area contributed by atoms with Crippen molar-refractivity contribution in [2.75, 3.05) is 42.9 Å². The number of piperazine rings is 1. The van der Waals surface area contributed by atoms with Crippen LogP contribution in [0.3, 0.4) is 0 Å². The number of carbonyl (C=O) groups is 2. The number of anilines is 2. The molecule has 0 saturated carbocycles. The quantitative estimate of drug-likeness (QED) is 0.614. The summed E-state index contributed by atoms with van der Waals surface area (Å²) >= 11 is 1.03. The first-order valence-electron chi connectivity index (χ1n) is 11.5. The standard InChI is InChI=1S/C23H26N8O2S/c32-22(30-14-12-29(13-15-30)19-8-1-3-10-25-19)20-21(34-28-27-20)26-23(33)31-11-4-2-7-18(31)17-6-5-9-24-16-17/h1,3,5-6,8-10,16,18H,2,4,7,11-15H2,(H,26,33)/t18-/m0/s1. The number of likely N-dealkylation sites (tertiary alicyclic amines) is 1. The number of nitrogens with zero attached hydrogens (tertiary/aromatic N) is 7. The zero-order chi connectivity index (χ0) is 23.3. The highest BCUT2D eigenvalue weighted by molar-refractivity contribution is 7.10. The van der Waals surface area contributed by atoms with E-state index in [1.807, 2.05) is 41.4 Å². The van der Waals surface area contributed by atoms with E-state index in [9.17, 15) is 9.59 Å². The van der Waals surface area contributed by atoms with Gasteiger partial charge in [0.05, 0.1) is 6.04 Å². The SMILES string of the molecule is O=C(c1nnsc1NC(=O)N1CCCC[C@H]1c1cccnc1)N1CCN(c2ccccn2)CC1. The van der Waals surface area contributed by atoms with Gasteiger partial charge in [0, 0.05) is 62.8 Å². The van der Waals surface area contributed by atoms with Crippen LogP contribution in [-0.4, -0.2) is 74.0 Å². The first-order valence-corrected chi connectivity index (χ1v) is 12.2. The van der Waals surface area contributed by atoms with Gasteiger partial charge in [-0.3, -0.25) is 15.1 Å². The summed E-state index contributed by atoms with van der Waals surface area (Å²) in [5, 5.41) is 7.35. The van der Waals surface area contributed by atoms with Gasteiger partial charge in [-0.25, -0.2) is 9.78 Å². The zero-order valence-electron chi connectivity index (χ0n) is 18.7. The molecule has 11 heteroatoms. The Labute approximate surface area is 201 Å². The highest BCUT2D eigenvalue weighted by Gasteiger charge is 2.31. The van der Waals surface area contributed by atoms with Gasteiger partial charge in [-0.1, -0.05) is 16.6 Å². The summed E-state index contributed by atoms with van der Waals surface area (Å²) in [6.07, 6.45) is 8.19. The van der Waals surface area contributed by atoms with Crippen molar-refractivity contribution in [3.05, 3.63) is 60.2 Å². The molecule has 0 bridgehead atoms. The van der Waals surface area contributed by atoms with E-state index in [4.69, 9.17) is 0 Å². The summed E-state index contributed by atoms with van der Waals surface area (Å²) in [5.74, 6) is 0.690. The Morgan fingerprint density at radius 1 is 1.00 bits per heavy atom. The van der Waals surface area contributed by atoms with Gasteiger partial charge < -0.3 is 14.7 Å². The van der Waals surface area contributed by atoms with Crippen molar-refractivity contribution < 1.29 is 9.59 Å². The van der Waals surface area contributed by atoms with Crippen molar-refractivity contribution in [2.45, 2.75) is 25.3 Å². The summed E-state index contributed by atoms with van der Waals surface area (Å²) in [6.45, 7) is 3.12. The number of hydrogen-bond donors (Lipinski definition) is 1. The highest BCUT2D eigenvalue weighted by atomic mass is 32.1. The minimum absolute atomic E-state index is 0.0397. The smallest absolute Gasteiger partial charge is 0.323 e. The molecule has 1 atom stereocenters. The first kappa shape index (κ1) is 22.2. The maximum absolute atomic E-state index is 13.2. The molecule has 2 aliphatic rings. The molecule has 3 aromatic heterocycles. The molecule has 2 fully saturated rings. The van der Waals surface area contributed by atoms with E-state index in [0.29, 0.717) is 37.7 Å². The topological polar surface area (TPSA) is 107 Å². The predicted octanol–water partition coefficient (Wildman–Crippen LogP) is 3.05. The first-order chi connectivity index (χ1) is 16.7. The van der Waals surface area contributed by atoms with Crippen LogP contribution in [0.5, 0.6) is 0 Å². The molecular formula is C23H26N8O2S. The summed E-state index contributed by atoms with van der Waals surface area (Å²) in [5.41, 5.74) is 1.21. The second kappa shape index (κ2) is 10.1. The monoisotopic (exact) mass is 478 g/mol. The van der Waals surface area contributed by atoms with Crippen molar-refractivity contribution in [3.8, 4) is 0 Å². The van der Waals surface area contributed by atoms with Crippen molar-refractivity contribution >= 4 is 34.3 Å². The normalized spacial score (nSPS) is 18.6. The fourth-order valence-corrected chi connectivity index (χ4v) is 5.06. The highest BCUT2D eigenvalue weighted by Crippen LogP contribution is 2.31. The van der Waals surface area contributed by atoms with Gasteiger partial charge in [0.25, 0.3) is 5.91 Å². The Balaban J connectivity index is 1.24. The third-order valence-corrected chi connectivity index (χ3v) is 6.93. The van der Waals surface area contributed by atoms with E-state index in [2.05, 4.69) is 29.8 Å². The van der Waals surface area contributed by atoms with E-state index in [-0.39, 0.29) is 23.7 Å². The van der Waals surface area contributed by atoms with E-state index in [0.717, 1.165) is 42.2 Å². The Kier molecular flexibility index (Phi) is 6.61. The van der Waals surface area contributed by atoms with E-state index in [1.54, 1.807) is 17.3 Å². The van der Waals surface area contributed by atoms with Crippen LogP contribution in [0.2, 0.25) is 0 Å². The average Bonchev–Trinajstić information content (AvgIpc) is 3.37. The second-order valence-corrected chi connectivity index (χ2v) is 9.09. The van der Waals surface area contributed by atoms with Crippen LogP contribution in [-0.2, 0) is 0 Å². The molecule has 0 aliphatic carbocycles. The van der Waals surface area contributed by atoms with E-state index < -0.39 is 0 Å². The summed E-state index contributed by atoms with van der Waals surface area (Å²) < 4.78 is 3.96. The van der Waals surface area contributed by atoms with Crippen LogP contribution >= 0.6 is 11.5 Å². The molecule has 3 aromatic rings. The van der Waals surface area contributed by atoms with Crippen molar-refractivity contribution in [2.24, 2.45) is 0 Å². The van der Waals surface area contributed by atoms with E-state index in [1.165, 1.54) is 0 Å². The lowest BCUT2D eigenvalue weighted by Gasteiger charge is -2.36. The van der Waals surface area contributed by atoms with Gasteiger partial charge in [0.2, 0.25) is 0 Å². The van der Waals surface area contributed by atoms with Crippen LogP contribution in [0.1, 0.15) is 41.4 Å². The van der Waals surface area contributed by atoms with Crippen LogP contribution < -0.4 is 10.2 Å². The molecular weight excluding hydrogens is 452 g/mol. The Morgan fingerprint density at radius 3 is 2.65 bits per heavy atom. The van der Waals surface area contributed by atoms with Gasteiger partial charge in [-0.15, -0.1) is 5.10 Å². The molecule has 2 aliphatic heterocycles. The minimum atomic E-state index is -0.242. The minimum Gasteiger partial charge on any atom is -0.353 e. The van der Waals surface area contributed by atoms with Crippen molar-refractivity contribution in [3.63, 3.8) is 0 Å². The van der Waals surface area contributed by atoms with Crippen LogP contribution in [0.15, 0.2) is 48.9 Å². The van der Waals surface area contributed by atoms with Gasteiger partial charge in [0.15, 0.2) is 10.7 Å². The maximum Gasteiger partial charge on any atom is 0.323 e. The molecule has 10 nitrogen and oxygen atoms in total. The van der Waals surface area contributed by atoms with Gasteiger partial charge in [0.1, 0.15) is 5.82 Å². The fraction of sp³-hybridized carbons (Fsp3) is 0.391. The van der Waals surface area contributed by atoms with Crippen LogP contribution in [0.25, 0.3) is 0 Å². The average molecular weight is 479 g/mol. The van der Waals surface area contributed by atoms with Crippen LogP contribution in [0.4, 0.5) is 15.6 Å². The van der Waals surface area contributed by atoms with Crippen molar-refractivity contribution in [1.82, 2.24) is 29.4 Å². The molecule has 176 valence electrons. The zero-order valence-corrected chi connectivity index (χ0v) is 19.5. The molecule has 3 amide bonds. The number of amides is 3. The van der Waals surface area contributed by atoms with Crippen molar-refractivity contribution in [1.29, 1.82) is 0 Å². The number of piperidine rings is 1. The summed E-state index contributed by atoms with van der Waals surface area (Å²) in [6, 6.07) is 9.41. The Morgan fingerprint density at radius 2 is 1.88 bits per heavy atom. The maximum atomic E-state index is 13.2. The van der Waals surface area contributed by atoms with Gasteiger partial charge >= 0.3 is 6.03 Å². The Hall–Kier alpha value is -3.60. The second-order valence-electron chi connectivity index (χ2n) is 8.34. The van der Waals surface area contributed by atoms with Gasteiger partial charge in [-0.05, 0) is 43.0 Å². The molecule has 5 rings (SSSR count). The van der Waals surface area contributed by atoms with Gasteiger partial charge in [-0.2, -0.15) is 0 Å². The lowest BCUT2D eigenvalue weighted by Crippen LogP contribution is -2.49. The third-order valence-electron chi connectivity index (χ3n) is 6.28. The molecule has 0 unspecified atom stereocenters. The molecule has 34 heavy (non-hydrogen) atoms. The lowest BCUT2D eigenvalue weighted by atomic mass is 9.97. The number of rotatable bonds is 4. The fourth-order valence-electron chi connectivity index (χ4n) is 4.51. The molecule has 5 heterocycles. The summed E-state index contributed by atoms with van der Waals surface area (Å²) in [4.78, 5) is 40.7. The number of carbonyl (C=O) groups excluding carboxylic acids is 2. The molecule has 0 spiro atoms. The molecule has 1 N–H and O–H groups in total. The number of pyridine rings is 2. The largest absolute Gasteiger partial charge is 0.353 e. The Bertz CT molecular complexity index is 1120. The molecule has 0 radical (unpaired) electrons.